The molecule has 1 aromatic carbocycles. The molecule has 16 heavy (non-hydrogen) atoms. The minimum atomic E-state index is -0.460. The highest BCUT2D eigenvalue weighted by molar-refractivity contribution is 9.09. The van der Waals surface area contributed by atoms with Gasteiger partial charge in [0.05, 0.1) is 6.10 Å². The first-order chi connectivity index (χ1) is 7.43. The summed E-state index contributed by atoms with van der Waals surface area (Å²) in [5.41, 5.74) is 1.35. The Morgan fingerprint density at radius 3 is 2.62 bits per heavy atom. The fraction of sp³-hybridized carbons (Fsp3) is 0.538. The Labute approximate surface area is 106 Å². The van der Waals surface area contributed by atoms with Crippen molar-refractivity contribution in [1.29, 1.82) is 0 Å². The van der Waals surface area contributed by atoms with E-state index in [-0.39, 0.29) is 5.41 Å². The zero-order valence-electron chi connectivity index (χ0n) is 10.0. The van der Waals surface area contributed by atoms with Crippen LogP contribution in [0.15, 0.2) is 24.3 Å². The maximum atomic E-state index is 9.38. The van der Waals surface area contributed by atoms with Crippen LogP contribution in [0.3, 0.4) is 0 Å². The van der Waals surface area contributed by atoms with Gasteiger partial charge in [-0.1, -0.05) is 48.8 Å². The third-order valence-corrected chi connectivity index (χ3v) is 3.07. The van der Waals surface area contributed by atoms with Crippen LogP contribution in [-0.2, 0) is 5.41 Å². The van der Waals surface area contributed by atoms with E-state index in [2.05, 4.69) is 42.8 Å². The third kappa shape index (κ3) is 4.14. The molecular formula is C13H19BrO2. The highest BCUT2D eigenvalue weighted by Crippen LogP contribution is 2.25. The normalized spacial score (nSPS) is 13.6. The van der Waals surface area contributed by atoms with E-state index >= 15 is 0 Å². The van der Waals surface area contributed by atoms with Crippen molar-refractivity contribution in [2.75, 3.05) is 11.9 Å². The van der Waals surface area contributed by atoms with Gasteiger partial charge in [0, 0.05) is 5.33 Å². The molecule has 0 bridgehead atoms. The van der Waals surface area contributed by atoms with Crippen LogP contribution in [0.5, 0.6) is 5.75 Å². The summed E-state index contributed by atoms with van der Waals surface area (Å²) in [6.45, 7) is 6.82. The lowest BCUT2D eigenvalue weighted by Crippen LogP contribution is -2.19. The van der Waals surface area contributed by atoms with E-state index < -0.39 is 6.10 Å². The number of alkyl halides is 1. The van der Waals surface area contributed by atoms with E-state index in [1.54, 1.807) is 0 Å². The van der Waals surface area contributed by atoms with Crippen LogP contribution in [0.25, 0.3) is 0 Å². The lowest BCUT2D eigenvalue weighted by molar-refractivity contribution is 0.127. The van der Waals surface area contributed by atoms with Gasteiger partial charge in [-0.25, -0.2) is 0 Å². The summed E-state index contributed by atoms with van der Waals surface area (Å²) in [5.74, 6) is 0.812. The lowest BCUT2D eigenvalue weighted by atomic mass is 9.87. The smallest absolute Gasteiger partial charge is 0.119 e. The van der Waals surface area contributed by atoms with Crippen molar-refractivity contribution in [3.05, 3.63) is 29.8 Å². The molecule has 0 fully saturated rings. The van der Waals surface area contributed by atoms with Crippen LogP contribution >= 0.6 is 15.9 Å². The minimum absolute atomic E-state index is 0.118. The Hall–Kier alpha value is -0.540. The molecule has 1 atom stereocenters. The van der Waals surface area contributed by atoms with Gasteiger partial charge in [-0.15, -0.1) is 0 Å². The largest absolute Gasteiger partial charge is 0.491 e. The summed E-state index contributed by atoms with van der Waals surface area (Å²) >= 11 is 3.20. The fourth-order valence-electron chi connectivity index (χ4n) is 1.29. The first kappa shape index (κ1) is 13.5. The first-order valence-electron chi connectivity index (χ1n) is 5.41. The molecular weight excluding hydrogens is 268 g/mol. The Morgan fingerprint density at radius 2 is 2.06 bits per heavy atom. The number of aliphatic hydroxyl groups excluding tert-OH is 1. The Bertz CT molecular complexity index is 331. The highest BCUT2D eigenvalue weighted by Gasteiger charge is 2.14. The van der Waals surface area contributed by atoms with Crippen LogP contribution in [0.1, 0.15) is 26.3 Å². The summed E-state index contributed by atoms with van der Waals surface area (Å²) < 4.78 is 5.51. The molecule has 0 aliphatic heterocycles. The van der Waals surface area contributed by atoms with E-state index in [0.717, 1.165) is 5.75 Å². The van der Waals surface area contributed by atoms with Gasteiger partial charge in [-0.05, 0) is 23.1 Å². The van der Waals surface area contributed by atoms with Crippen LogP contribution in [-0.4, -0.2) is 23.1 Å². The summed E-state index contributed by atoms with van der Waals surface area (Å²) in [6.07, 6.45) is -0.460. The summed E-state index contributed by atoms with van der Waals surface area (Å²) in [5, 5.41) is 9.91. The molecule has 3 heteroatoms. The molecule has 0 heterocycles. The lowest BCUT2D eigenvalue weighted by Gasteiger charge is -2.20. The number of benzene rings is 1. The second-order valence-electron chi connectivity index (χ2n) is 4.90. The van der Waals surface area contributed by atoms with Crippen LogP contribution < -0.4 is 4.74 Å². The number of rotatable bonds is 4. The van der Waals surface area contributed by atoms with Gasteiger partial charge >= 0.3 is 0 Å². The molecule has 0 amide bonds. The average molecular weight is 287 g/mol. The van der Waals surface area contributed by atoms with Gasteiger partial charge in [0.15, 0.2) is 0 Å². The molecule has 0 aromatic heterocycles. The van der Waals surface area contributed by atoms with Crippen LogP contribution in [0.2, 0.25) is 0 Å². The SMILES string of the molecule is CC(C)(C)c1cccc(OCC(O)CBr)c1. The molecule has 2 nitrogen and oxygen atoms in total. The van der Waals surface area contributed by atoms with Gasteiger partial charge in [-0.2, -0.15) is 0 Å². The van der Waals surface area contributed by atoms with Gasteiger partial charge in [0.1, 0.15) is 12.4 Å². The number of ether oxygens (including phenoxy) is 1. The number of hydrogen-bond acceptors (Lipinski definition) is 2. The van der Waals surface area contributed by atoms with Crippen LogP contribution in [0.4, 0.5) is 0 Å². The molecule has 1 unspecified atom stereocenters. The van der Waals surface area contributed by atoms with E-state index in [0.29, 0.717) is 11.9 Å². The molecule has 0 aliphatic rings. The standard InChI is InChI=1S/C13H19BrO2/c1-13(2,3)10-5-4-6-12(7-10)16-9-11(15)8-14/h4-7,11,15H,8-9H2,1-3H3. The van der Waals surface area contributed by atoms with Gasteiger partial charge in [0.2, 0.25) is 0 Å². The Morgan fingerprint density at radius 1 is 1.38 bits per heavy atom. The van der Waals surface area contributed by atoms with Crippen molar-refractivity contribution >= 4 is 15.9 Å². The average Bonchev–Trinajstić information content (AvgIpc) is 2.25. The monoisotopic (exact) mass is 286 g/mol. The minimum Gasteiger partial charge on any atom is -0.491 e. The predicted molar refractivity (Wildman–Crippen MR) is 70.4 cm³/mol. The van der Waals surface area contributed by atoms with E-state index in [1.165, 1.54) is 5.56 Å². The van der Waals surface area contributed by atoms with Crippen molar-refractivity contribution in [2.24, 2.45) is 0 Å². The maximum Gasteiger partial charge on any atom is 0.119 e. The van der Waals surface area contributed by atoms with Gasteiger partial charge in [-0.3, -0.25) is 0 Å². The molecule has 0 saturated carbocycles. The van der Waals surface area contributed by atoms with E-state index in [1.807, 2.05) is 18.2 Å². The molecule has 0 spiro atoms. The highest BCUT2D eigenvalue weighted by atomic mass is 79.9. The van der Waals surface area contributed by atoms with Crippen molar-refractivity contribution in [2.45, 2.75) is 32.3 Å². The number of halogens is 1. The van der Waals surface area contributed by atoms with Crippen molar-refractivity contribution < 1.29 is 9.84 Å². The third-order valence-electron chi connectivity index (χ3n) is 2.32. The van der Waals surface area contributed by atoms with Crippen molar-refractivity contribution in [3.8, 4) is 5.75 Å². The van der Waals surface area contributed by atoms with E-state index in [4.69, 9.17) is 4.74 Å². The molecule has 1 aromatic rings. The molecule has 90 valence electrons. The zero-order chi connectivity index (χ0) is 12.2. The Balaban J connectivity index is 2.68. The summed E-state index contributed by atoms with van der Waals surface area (Å²) in [4.78, 5) is 0. The van der Waals surface area contributed by atoms with Gasteiger partial charge < -0.3 is 9.84 Å². The summed E-state index contributed by atoms with van der Waals surface area (Å²) in [6, 6.07) is 8.02. The second-order valence-corrected chi connectivity index (χ2v) is 5.54. The van der Waals surface area contributed by atoms with Crippen LogP contribution in [0, 0.1) is 0 Å². The molecule has 1 rings (SSSR count). The first-order valence-corrected chi connectivity index (χ1v) is 6.53. The Kier molecular flexibility index (Phi) is 4.81. The van der Waals surface area contributed by atoms with E-state index in [9.17, 15) is 5.11 Å². The second kappa shape index (κ2) is 5.69. The predicted octanol–water partition coefficient (Wildman–Crippen LogP) is 3.12. The number of aliphatic hydroxyl groups is 1. The zero-order valence-corrected chi connectivity index (χ0v) is 11.6. The summed E-state index contributed by atoms with van der Waals surface area (Å²) in [7, 11) is 0. The molecule has 0 radical (unpaired) electrons. The van der Waals surface area contributed by atoms with Crippen molar-refractivity contribution in [1.82, 2.24) is 0 Å². The molecule has 0 aliphatic carbocycles. The quantitative estimate of drug-likeness (QED) is 0.862. The van der Waals surface area contributed by atoms with Gasteiger partial charge in [0.25, 0.3) is 0 Å². The molecule has 0 saturated heterocycles. The number of hydrogen-bond donors (Lipinski definition) is 1. The van der Waals surface area contributed by atoms with Crippen molar-refractivity contribution in [3.63, 3.8) is 0 Å². The fourth-order valence-corrected chi connectivity index (χ4v) is 1.48. The maximum absolute atomic E-state index is 9.38. The molecule has 1 N–H and O–H groups in total. The topological polar surface area (TPSA) is 29.5 Å².